The maximum Gasteiger partial charge on any atom is 0.0615 e. The molecule has 11 heavy (non-hydrogen) atoms. The van der Waals surface area contributed by atoms with E-state index in [1.165, 1.54) is 37.7 Å². The molecule has 64 valence electrons. The van der Waals surface area contributed by atoms with Gasteiger partial charge in [-0.2, -0.15) is 0 Å². The highest BCUT2D eigenvalue weighted by Gasteiger charge is 2.11. The van der Waals surface area contributed by atoms with Gasteiger partial charge in [-0.3, -0.25) is 0 Å². The van der Waals surface area contributed by atoms with Gasteiger partial charge in [0.2, 0.25) is 0 Å². The van der Waals surface area contributed by atoms with Crippen molar-refractivity contribution < 1.29 is 5.11 Å². The second-order valence-electron chi connectivity index (χ2n) is 3.46. The molecule has 0 saturated heterocycles. The molecule has 0 amide bonds. The molecule has 1 aliphatic carbocycles. The van der Waals surface area contributed by atoms with Crippen LogP contribution in [0.25, 0.3) is 0 Å². The van der Waals surface area contributed by atoms with E-state index in [0.717, 1.165) is 0 Å². The first-order valence-corrected chi connectivity index (χ1v) is 4.64. The molecule has 1 nitrogen and oxygen atoms in total. The summed E-state index contributed by atoms with van der Waals surface area (Å²) in [5.74, 6) is 0.713. The summed E-state index contributed by atoms with van der Waals surface area (Å²) in [6.45, 7) is 2.49. The molecule has 0 heterocycles. The van der Waals surface area contributed by atoms with Gasteiger partial charge in [-0.1, -0.05) is 31.4 Å². The standard InChI is InChI=1S/C10H18O/c1-9-5-3-2-4-6-10(9)7-8-11/h7,9,11H,2-6,8H2,1H3/b10-7+. The van der Waals surface area contributed by atoms with Crippen molar-refractivity contribution in [3.05, 3.63) is 11.6 Å². The fraction of sp³-hybridized carbons (Fsp3) is 0.800. The molecular weight excluding hydrogens is 136 g/mol. The average Bonchev–Trinajstić information content (AvgIpc) is 2.18. The van der Waals surface area contributed by atoms with Gasteiger partial charge in [-0.25, -0.2) is 0 Å². The summed E-state index contributed by atoms with van der Waals surface area (Å²) in [6, 6.07) is 0. The van der Waals surface area contributed by atoms with Crippen LogP contribution in [0.1, 0.15) is 39.0 Å². The number of rotatable bonds is 1. The van der Waals surface area contributed by atoms with E-state index in [1.54, 1.807) is 0 Å². The smallest absolute Gasteiger partial charge is 0.0615 e. The van der Waals surface area contributed by atoms with Crippen molar-refractivity contribution in [2.24, 2.45) is 5.92 Å². The van der Waals surface area contributed by atoms with Gasteiger partial charge in [0.1, 0.15) is 0 Å². The lowest BCUT2D eigenvalue weighted by atomic mass is 9.96. The summed E-state index contributed by atoms with van der Waals surface area (Å²) in [4.78, 5) is 0. The van der Waals surface area contributed by atoms with E-state index in [1.807, 2.05) is 6.08 Å². The summed E-state index contributed by atoms with van der Waals surface area (Å²) in [5, 5.41) is 8.75. The third kappa shape index (κ3) is 2.66. The monoisotopic (exact) mass is 154 g/mol. The van der Waals surface area contributed by atoms with Crippen molar-refractivity contribution in [1.29, 1.82) is 0 Å². The lowest BCUT2D eigenvalue weighted by Crippen LogP contribution is -1.97. The van der Waals surface area contributed by atoms with Gasteiger partial charge in [-0.05, 0) is 25.2 Å². The summed E-state index contributed by atoms with van der Waals surface area (Å²) in [6.07, 6.45) is 8.57. The minimum absolute atomic E-state index is 0.222. The second kappa shape index (κ2) is 4.55. The highest BCUT2D eigenvalue weighted by molar-refractivity contribution is 5.06. The first-order valence-electron chi connectivity index (χ1n) is 4.64. The van der Waals surface area contributed by atoms with E-state index in [9.17, 15) is 0 Å². The third-order valence-electron chi connectivity index (χ3n) is 2.59. The molecule has 0 bridgehead atoms. The van der Waals surface area contributed by atoms with Crippen molar-refractivity contribution in [3.8, 4) is 0 Å². The van der Waals surface area contributed by atoms with Crippen LogP contribution in [-0.4, -0.2) is 11.7 Å². The molecule has 1 N–H and O–H groups in total. The predicted molar refractivity (Wildman–Crippen MR) is 47.4 cm³/mol. The van der Waals surface area contributed by atoms with Gasteiger partial charge < -0.3 is 5.11 Å². The van der Waals surface area contributed by atoms with E-state index in [-0.39, 0.29) is 6.61 Å². The van der Waals surface area contributed by atoms with Crippen molar-refractivity contribution in [2.75, 3.05) is 6.61 Å². The van der Waals surface area contributed by atoms with Crippen LogP contribution in [0.2, 0.25) is 0 Å². The lowest BCUT2D eigenvalue weighted by molar-refractivity contribution is 0.340. The largest absolute Gasteiger partial charge is 0.392 e. The van der Waals surface area contributed by atoms with Crippen LogP contribution in [0.4, 0.5) is 0 Å². The second-order valence-corrected chi connectivity index (χ2v) is 3.46. The fourth-order valence-electron chi connectivity index (χ4n) is 1.81. The zero-order valence-corrected chi connectivity index (χ0v) is 7.34. The van der Waals surface area contributed by atoms with Gasteiger partial charge >= 0.3 is 0 Å². The Labute approximate surface area is 69.1 Å². The van der Waals surface area contributed by atoms with Gasteiger partial charge in [0.25, 0.3) is 0 Å². The summed E-state index contributed by atoms with van der Waals surface area (Å²) >= 11 is 0. The Morgan fingerprint density at radius 2 is 2.27 bits per heavy atom. The average molecular weight is 154 g/mol. The van der Waals surface area contributed by atoms with Crippen LogP contribution in [0, 0.1) is 5.92 Å². The number of hydrogen-bond donors (Lipinski definition) is 1. The zero-order chi connectivity index (χ0) is 8.10. The predicted octanol–water partition coefficient (Wildman–Crippen LogP) is 2.51. The molecule has 0 aromatic carbocycles. The normalized spacial score (nSPS) is 30.4. The molecule has 0 aromatic rings. The Balaban J connectivity index is 2.52. The highest BCUT2D eigenvalue weighted by atomic mass is 16.2. The van der Waals surface area contributed by atoms with Gasteiger partial charge in [-0.15, -0.1) is 0 Å². The summed E-state index contributed by atoms with van der Waals surface area (Å²) < 4.78 is 0. The number of hydrogen-bond acceptors (Lipinski definition) is 1. The van der Waals surface area contributed by atoms with Gasteiger partial charge in [0.15, 0.2) is 0 Å². The van der Waals surface area contributed by atoms with E-state index >= 15 is 0 Å². The van der Waals surface area contributed by atoms with Gasteiger partial charge in [0, 0.05) is 0 Å². The number of allylic oxidation sites excluding steroid dienone is 1. The SMILES string of the molecule is CC1CCCCC/C1=C\CO. The molecule has 1 rings (SSSR count). The van der Waals surface area contributed by atoms with Gasteiger partial charge in [0.05, 0.1) is 6.61 Å². The molecule has 0 aromatic heterocycles. The fourth-order valence-corrected chi connectivity index (χ4v) is 1.81. The van der Waals surface area contributed by atoms with E-state index in [0.29, 0.717) is 5.92 Å². The molecule has 1 fully saturated rings. The molecule has 1 saturated carbocycles. The number of aliphatic hydroxyl groups is 1. The zero-order valence-electron chi connectivity index (χ0n) is 7.34. The molecule has 1 heteroatoms. The Bertz CT molecular complexity index is 138. The molecule has 1 aliphatic rings. The Morgan fingerprint density at radius 1 is 1.45 bits per heavy atom. The molecule has 1 atom stereocenters. The van der Waals surface area contributed by atoms with Crippen molar-refractivity contribution in [2.45, 2.75) is 39.0 Å². The topological polar surface area (TPSA) is 20.2 Å². The van der Waals surface area contributed by atoms with Crippen molar-refractivity contribution in [1.82, 2.24) is 0 Å². The third-order valence-corrected chi connectivity index (χ3v) is 2.59. The van der Waals surface area contributed by atoms with Crippen LogP contribution in [0.15, 0.2) is 11.6 Å². The van der Waals surface area contributed by atoms with Crippen LogP contribution >= 0.6 is 0 Å². The maximum atomic E-state index is 8.75. The van der Waals surface area contributed by atoms with Crippen LogP contribution in [0.3, 0.4) is 0 Å². The summed E-state index contributed by atoms with van der Waals surface area (Å²) in [5.41, 5.74) is 1.48. The van der Waals surface area contributed by atoms with E-state index < -0.39 is 0 Å². The lowest BCUT2D eigenvalue weighted by Gasteiger charge is -2.10. The molecule has 0 aliphatic heterocycles. The molecule has 0 radical (unpaired) electrons. The van der Waals surface area contributed by atoms with Crippen LogP contribution in [0.5, 0.6) is 0 Å². The van der Waals surface area contributed by atoms with E-state index in [2.05, 4.69) is 6.92 Å². The molecular formula is C10H18O. The minimum atomic E-state index is 0.222. The summed E-state index contributed by atoms with van der Waals surface area (Å²) in [7, 11) is 0. The maximum absolute atomic E-state index is 8.75. The quantitative estimate of drug-likeness (QED) is 0.454. The Kier molecular flexibility index (Phi) is 3.64. The molecule has 1 unspecified atom stereocenters. The Morgan fingerprint density at radius 3 is 3.00 bits per heavy atom. The van der Waals surface area contributed by atoms with Crippen LogP contribution < -0.4 is 0 Å². The minimum Gasteiger partial charge on any atom is -0.392 e. The van der Waals surface area contributed by atoms with Crippen LogP contribution in [-0.2, 0) is 0 Å². The van der Waals surface area contributed by atoms with Crippen molar-refractivity contribution in [3.63, 3.8) is 0 Å². The first-order chi connectivity index (χ1) is 5.34. The Hall–Kier alpha value is -0.300. The number of aliphatic hydroxyl groups excluding tert-OH is 1. The molecule has 0 spiro atoms. The highest BCUT2D eigenvalue weighted by Crippen LogP contribution is 2.27. The van der Waals surface area contributed by atoms with Crippen molar-refractivity contribution >= 4 is 0 Å². The van der Waals surface area contributed by atoms with E-state index in [4.69, 9.17) is 5.11 Å². The first kappa shape index (κ1) is 8.79.